The van der Waals surface area contributed by atoms with Gasteiger partial charge >= 0.3 is 0 Å². The minimum absolute atomic E-state index is 0.321. The molecule has 0 amide bonds. The van der Waals surface area contributed by atoms with Crippen LogP contribution in [0.3, 0.4) is 0 Å². The summed E-state index contributed by atoms with van der Waals surface area (Å²) < 4.78 is 28.6. The number of thiophene rings is 1. The van der Waals surface area contributed by atoms with Crippen molar-refractivity contribution in [2.45, 2.75) is 31.8 Å². The van der Waals surface area contributed by atoms with Crippen molar-refractivity contribution in [3.8, 4) is 0 Å². The first-order valence-electron chi connectivity index (χ1n) is 6.78. The zero-order valence-corrected chi connectivity index (χ0v) is 13.8. The molecule has 0 spiro atoms. The van der Waals surface area contributed by atoms with Crippen molar-refractivity contribution in [2.75, 3.05) is 13.1 Å². The largest absolute Gasteiger partial charge is 0.312 e. The van der Waals surface area contributed by atoms with Crippen LogP contribution < -0.4 is 10.0 Å². The lowest BCUT2D eigenvalue weighted by molar-refractivity contribution is 0.561. The van der Waals surface area contributed by atoms with E-state index in [0.29, 0.717) is 24.5 Å². The summed E-state index contributed by atoms with van der Waals surface area (Å²) >= 11 is 1.45. The normalized spacial score (nSPS) is 11.9. The Balaban J connectivity index is 1.90. The molecule has 0 unspecified atom stereocenters. The van der Waals surface area contributed by atoms with E-state index in [2.05, 4.69) is 15.1 Å². The monoisotopic (exact) mass is 328 g/mol. The summed E-state index contributed by atoms with van der Waals surface area (Å²) in [6.07, 6.45) is 3.63. The molecule has 0 saturated heterocycles. The minimum Gasteiger partial charge on any atom is -0.312 e. The molecular formula is C13H20N4O2S2. The fourth-order valence-electron chi connectivity index (χ4n) is 1.81. The van der Waals surface area contributed by atoms with Gasteiger partial charge in [0, 0.05) is 29.5 Å². The molecule has 0 aliphatic carbocycles. The molecule has 0 saturated carbocycles. The van der Waals surface area contributed by atoms with Crippen LogP contribution in [0.25, 0.3) is 0 Å². The zero-order chi connectivity index (χ0) is 15.3. The average Bonchev–Trinajstić information content (AvgIpc) is 3.06. The van der Waals surface area contributed by atoms with E-state index < -0.39 is 10.0 Å². The van der Waals surface area contributed by atoms with Gasteiger partial charge in [0.2, 0.25) is 10.0 Å². The molecule has 0 aliphatic rings. The van der Waals surface area contributed by atoms with Gasteiger partial charge in [-0.1, -0.05) is 6.92 Å². The maximum absolute atomic E-state index is 12.2. The van der Waals surface area contributed by atoms with Gasteiger partial charge in [0.15, 0.2) is 0 Å². The molecule has 2 rings (SSSR count). The Morgan fingerprint density at radius 3 is 2.90 bits per heavy atom. The molecule has 0 aromatic carbocycles. The summed E-state index contributed by atoms with van der Waals surface area (Å²) in [6.45, 7) is 6.36. The van der Waals surface area contributed by atoms with Gasteiger partial charge in [-0.3, -0.25) is 4.68 Å². The van der Waals surface area contributed by atoms with Gasteiger partial charge in [-0.15, -0.1) is 11.3 Å². The molecule has 2 aromatic heterocycles. The first-order valence-corrected chi connectivity index (χ1v) is 9.14. The Kier molecular flexibility index (Phi) is 5.51. The second kappa shape index (κ2) is 7.17. The van der Waals surface area contributed by atoms with Crippen LogP contribution in [0.1, 0.15) is 17.4 Å². The van der Waals surface area contributed by atoms with Gasteiger partial charge in [-0.25, -0.2) is 13.1 Å². The van der Waals surface area contributed by atoms with E-state index in [1.165, 1.54) is 11.3 Å². The van der Waals surface area contributed by atoms with E-state index in [0.717, 1.165) is 17.0 Å². The van der Waals surface area contributed by atoms with Crippen LogP contribution >= 0.6 is 11.3 Å². The van der Waals surface area contributed by atoms with E-state index in [9.17, 15) is 8.42 Å². The first kappa shape index (κ1) is 16.2. The molecule has 0 bridgehead atoms. The van der Waals surface area contributed by atoms with E-state index in [1.807, 2.05) is 20.0 Å². The molecule has 21 heavy (non-hydrogen) atoms. The summed E-state index contributed by atoms with van der Waals surface area (Å²) in [7, 11) is -3.44. The Hall–Kier alpha value is -1.22. The fourth-order valence-corrected chi connectivity index (χ4v) is 4.08. The topological polar surface area (TPSA) is 76.0 Å². The summed E-state index contributed by atoms with van der Waals surface area (Å²) in [5.41, 5.74) is 1.06. The van der Waals surface area contributed by atoms with Gasteiger partial charge < -0.3 is 5.32 Å². The highest BCUT2D eigenvalue weighted by atomic mass is 32.2. The molecular weight excluding hydrogens is 308 g/mol. The molecule has 0 radical (unpaired) electrons. The SMILES string of the molecule is CCNCc1cc(S(=O)(=O)NCCn2cc(C)cn2)cs1. The summed E-state index contributed by atoms with van der Waals surface area (Å²) in [5, 5.41) is 8.98. The molecule has 0 atom stereocenters. The lowest BCUT2D eigenvalue weighted by atomic mass is 10.4. The Bertz CT molecular complexity index is 676. The third-order valence-electron chi connectivity index (χ3n) is 2.88. The average molecular weight is 328 g/mol. The highest BCUT2D eigenvalue weighted by molar-refractivity contribution is 7.89. The quantitative estimate of drug-likeness (QED) is 0.767. The number of nitrogens with zero attached hydrogens (tertiary/aromatic N) is 2. The van der Waals surface area contributed by atoms with Gasteiger partial charge in [-0.2, -0.15) is 5.10 Å². The third-order valence-corrected chi connectivity index (χ3v) is 5.41. The number of sulfonamides is 1. The van der Waals surface area contributed by atoms with Crippen LogP contribution in [0, 0.1) is 6.92 Å². The lowest BCUT2D eigenvalue weighted by Crippen LogP contribution is -2.27. The van der Waals surface area contributed by atoms with Crippen LogP contribution in [-0.2, 0) is 23.1 Å². The maximum Gasteiger partial charge on any atom is 0.241 e. The van der Waals surface area contributed by atoms with Crippen LogP contribution in [0.2, 0.25) is 0 Å². The van der Waals surface area contributed by atoms with Crippen LogP contribution in [0.4, 0.5) is 0 Å². The number of aromatic nitrogens is 2. The number of nitrogens with one attached hydrogen (secondary N) is 2. The first-order chi connectivity index (χ1) is 10.0. The highest BCUT2D eigenvalue weighted by Gasteiger charge is 2.15. The fraction of sp³-hybridized carbons (Fsp3) is 0.462. The van der Waals surface area contributed by atoms with Crippen LogP contribution in [-0.4, -0.2) is 31.3 Å². The van der Waals surface area contributed by atoms with Crippen LogP contribution in [0.5, 0.6) is 0 Å². The Morgan fingerprint density at radius 1 is 1.43 bits per heavy atom. The molecule has 0 fully saturated rings. The van der Waals surface area contributed by atoms with E-state index in [-0.39, 0.29) is 0 Å². The van der Waals surface area contributed by atoms with Crippen molar-refractivity contribution in [3.05, 3.63) is 34.3 Å². The number of aryl methyl sites for hydroxylation is 1. The minimum atomic E-state index is -3.44. The van der Waals surface area contributed by atoms with Gasteiger partial charge in [0.05, 0.1) is 17.6 Å². The number of hydrogen-bond donors (Lipinski definition) is 2. The molecule has 0 aliphatic heterocycles. The van der Waals surface area contributed by atoms with E-state index in [4.69, 9.17) is 0 Å². The molecule has 116 valence electrons. The maximum atomic E-state index is 12.2. The van der Waals surface area contributed by atoms with E-state index in [1.54, 1.807) is 22.3 Å². The predicted molar refractivity (Wildman–Crippen MR) is 83.9 cm³/mol. The smallest absolute Gasteiger partial charge is 0.241 e. The van der Waals surface area contributed by atoms with Crippen LogP contribution in [0.15, 0.2) is 28.7 Å². The zero-order valence-electron chi connectivity index (χ0n) is 12.2. The van der Waals surface area contributed by atoms with Crippen molar-refractivity contribution >= 4 is 21.4 Å². The van der Waals surface area contributed by atoms with Crippen molar-refractivity contribution in [3.63, 3.8) is 0 Å². The second-order valence-corrected chi connectivity index (χ2v) is 7.47. The molecule has 8 heteroatoms. The standard InChI is InChI=1S/C13H20N4O2S2/c1-3-14-8-12-6-13(10-20-12)21(18,19)16-4-5-17-9-11(2)7-15-17/h6-7,9-10,14,16H,3-5,8H2,1-2H3. The van der Waals surface area contributed by atoms with Gasteiger partial charge in [0.1, 0.15) is 0 Å². The Labute approximate surface area is 129 Å². The van der Waals surface area contributed by atoms with E-state index >= 15 is 0 Å². The predicted octanol–water partition coefficient (Wildman–Crippen LogP) is 1.34. The summed E-state index contributed by atoms with van der Waals surface area (Å²) in [4.78, 5) is 1.34. The highest BCUT2D eigenvalue weighted by Crippen LogP contribution is 2.18. The molecule has 2 heterocycles. The summed E-state index contributed by atoms with van der Waals surface area (Å²) in [6, 6.07) is 1.72. The number of hydrogen-bond acceptors (Lipinski definition) is 5. The number of rotatable bonds is 8. The van der Waals surface area contributed by atoms with Gasteiger partial charge in [0.25, 0.3) is 0 Å². The molecule has 2 N–H and O–H groups in total. The molecule has 6 nitrogen and oxygen atoms in total. The second-order valence-electron chi connectivity index (χ2n) is 4.71. The van der Waals surface area contributed by atoms with Crippen molar-refractivity contribution in [2.24, 2.45) is 0 Å². The van der Waals surface area contributed by atoms with Crippen molar-refractivity contribution in [1.82, 2.24) is 19.8 Å². The van der Waals surface area contributed by atoms with Crippen molar-refractivity contribution < 1.29 is 8.42 Å². The Morgan fingerprint density at radius 2 is 2.24 bits per heavy atom. The summed E-state index contributed by atoms with van der Waals surface area (Å²) in [5.74, 6) is 0. The molecule has 2 aromatic rings. The third kappa shape index (κ3) is 4.63. The van der Waals surface area contributed by atoms with Crippen molar-refractivity contribution in [1.29, 1.82) is 0 Å². The van der Waals surface area contributed by atoms with Gasteiger partial charge in [-0.05, 0) is 25.1 Å². The lowest BCUT2D eigenvalue weighted by Gasteiger charge is -2.05.